The molecule has 1 aromatic heterocycles. The van der Waals surface area contributed by atoms with Crippen molar-refractivity contribution in [3.63, 3.8) is 0 Å². The standard InChI is InChI=1S/C54H56O15Si/c1-53(2,3)70(34-22-16-12-17-23-34,35-24-18-13-19-25-35)69-39(54(58)50(55)43-46(62-7)41-36(59-4)29-37(60-5)45(61-6)42(41)48(64-9)49(43)68-54)28-33-26-32-27-38(51(56)65-10)67-52(57)40(32)47(63-8)44(33)66-30-31-20-14-11-15-21-31/h11-27,29,39,50,55,58H,28,30H2,1-10H3. The van der Waals surface area contributed by atoms with E-state index in [1.165, 1.54) is 55.8 Å². The van der Waals surface area contributed by atoms with Crippen LogP contribution in [0, 0.1) is 0 Å². The van der Waals surface area contributed by atoms with Crippen molar-refractivity contribution >= 4 is 46.2 Å². The molecule has 6 aromatic carbocycles. The summed E-state index contributed by atoms with van der Waals surface area (Å²) in [5.41, 5.74) is 0.277. The molecular weight excluding hydrogens is 917 g/mol. The molecule has 7 aromatic rings. The highest BCUT2D eigenvalue weighted by molar-refractivity contribution is 6.99. The molecule has 366 valence electrons. The van der Waals surface area contributed by atoms with Gasteiger partial charge in [0.15, 0.2) is 40.6 Å². The van der Waals surface area contributed by atoms with E-state index >= 15 is 0 Å². The summed E-state index contributed by atoms with van der Waals surface area (Å²) in [5.74, 6) is -2.91. The molecule has 15 nitrogen and oxygen atoms in total. The van der Waals surface area contributed by atoms with Gasteiger partial charge in [-0.15, -0.1) is 0 Å². The molecule has 16 heteroatoms. The van der Waals surface area contributed by atoms with Crippen molar-refractivity contribution in [2.75, 3.05) is 49.8 Å². The zero-order valence-corrected chi connectivity index (χ0v) is 41.7. The summed E-state index contributed by atoms with van der Waals surface area (Å²) in [6.45, 7) is 6.25. The van der Waals surface area contributed by atoms with Gasteiger partial charge in [-0.1, -0.05) is 112 Å². The number of carbonyl (C=O) groups excluding carboxylic acids is 1. The number of aliphatic hydroxyl groups is 2. The fourth-order valence-electron chi connectivity index (χ4n) is 9.65. The van der Waals surface area contributed by atoms with Gasteiger partial charge in [-0.2, -0.15) is 0 Å². The van der Waals surface area contributed by atoms with Crippen molar-refractivity contribution in [3.05, 3.63) is 142 Å². The van der Waals surface area contributed by atoms with Crippen LogP contribution < -0.4 is 53.9 Å². The van der Waals surface area contributed by atoms with Crippen LogP contribution in [0.4, 0.5) is 0 Å². The summed E-state index contributed by atoms with van der Waals surface area (Å²) >= 11 is 0. The summed E-state index contributed by atoms with van der Waals surface area (Å²) in [5, 5.41) is 28.8. The van der Waals surface area contributed by atoms with E-state index in [9.17, 15) is 19.8 Å². The van der Waals surface area contributed by atoms with Crippen LogP contribution in [0.15, 0.2) is 118 Å². The second-order valence-corrected chi connectivity index (χ2v) is 21.9. The van der Waals surface area contributed by atoms with E-state index in [1.807, 2.05) is 91.0 Å². The fourth-order valence-corrected chi connectivity index (χ4v) is 14.3. The molecule has 0 bridgehead atoms. The molecule has 8 rings (SSSR count). The molecule has 0 saturated carbocycles. The first-order valence-corrected chi connectivity index (χ1v) is 24.3. The minimum Gasteiger partial charge on any atom is -0.496 e. The minimum atomic E-state index is -3.72. The largest absolute Gasteiger partial charge is 0.496 e. The van der Waals surface area contributed by atoms with E-state index in [0.717, 1.165) is 15.9 Å². The number of hydrogen-bond acceptors (Lipinski definition) is 15. The summed E-state index contributed by atoms with van der Waals surface area (Å²) < 4.78 is 67.6. The quantitative estimate of drug-likeness (QED) is 0.0670. The lowest BCUT2D eigenvalue weighted by molar-refractivity contribution is -0.240. The molecule has 1 aliphatic heterocycles. The third kappa shape index (κ3) is 8.19. The van der Waals surface area contributed by atoms with Gasteiger partial charge in [0, 0.05) is 18.1 Å². The molecule has 0 fully saturated rings. The number of esters is 1. The van der Waals surface area contributed by atoms with Crippen LogP contribution in [0.25, 0.3) is 21.5 Å². The van der Waals surface area contributed by atoms with Crippen molar-refractivity contribution < 1.29 is 66.5 Å². The molecule has 3 atom stereocenters. The predicted molar refractivity (Wildman–Crippen MR) is 265 cm³/mol. The lowest BCUT2D eigenvalue weighted by Crippen LogP contribution is -2.70. The van der Waals surface area contributed by atoms with Crippen LogP contribution in [0.3, 0.4) is 0 Å². The fraction of sp³-hybridized carbons (Fsp3) is 0.296. The number of aliphatic hydroxyl groups excluding tert-OH is 1. The van der Waals surface area contributed by atoms with Gasteiger partial charge in [0.05, 0.1) is 66.1 Å². The van der Waals surface area contributed by atoms with Crippen LogP contribution in [-0.2, 0) is 22.2 Å². The molecule has 0 saturated heterocycles. The normalized spacial score (nSPS) is 16.0. The van der Waals surface area contributed by atoms with E-state index in [0.29, 0.717) is 22.1 Å². The molecule has 3 unspecified atom stereocenters. The van der Waals surface area contributed by atoms with Gasteiger partial charge in [0.2, 0.25) is 5.76 Å². The van der Waals surface area contributed by atoms with Gasteiger partial charge in [0.1, 0.15) is 29.6 Å². The molecule has 0 spiro atoms. The Morgan fingerprint density at radius 2 is 1.26 bits per heavy atom. The SMILES string of the molecule is COC(=O)c1cc2cc(CC(O[Si](c3ccccc3)(c3ccccc3)C(C)(C)C)C3(O)Oc4c(c(OC)c5c(OC)cc(OC)c(OC)c5c4OC)C3O)c(OCc3ccccc3)c(OC)c2c(=O)o1. The van der Waals surface area contributed by atoms with Gasteiger partial charge in [0.25, 0.3) is 14.1 Å². The van der Waals surface area contributed by atoms with Gasteiger partial charge in [-0.3, -0.25) is 0 Å². The Balaban J connectivity index is 1.46. The highest BCUT2D eigenvalue weighted by atomic mass is 28.4. The first-order valence-electron chi connectivity index (χ1n) is 22.4. The number of hydrogen-bond donors (Lipinski definition) is 2. The van der Waals surface area contributed by atoms with E-state index < -0.39 is 42.9 Å². The number of fused-ring (bicyclic) bond motifs is 3. The van der Waals surface area contributed by atoms with E-state index in [1.54, 1.807) is 12.1 Å². The average molecular weight is 973 g/mol. The van der Waals surface area contributed by atoms with Crippen LogP contribution >= 0.6 is 0 Å². The average Bonchev–Trinajstić information content (AvgIpc) is 3.64. The number of methoxy groups -OCH3 is 7. The Morgan fingerprint density at radius 3 is 1.79 bits per heavy atom. The summed E-state index contributed by atoms with van der Waals surface area (Å²) in [7, 11) is 6.11. The first kappa shape index (κ1) is 49.2. The van der Waals surface area contributed by atoms with Crippen molar-refractivity contribution in [2.24, 2.45) is 0 Å². The molecular formula is C54H56O15Si. The summed E-state index contributed by atoms with van der Waals surface area (Å²) in [6, 6.07) is 33.6. The first-order chi connectivity index (χ1) is 33.6. The van der Waals surface area contributed by atoms with E-state index in [-0.39, 0.29) is 75.4 Å². The summed E-state index contributed by atoms with van der Waals surface area (Å²) in [6.07, 6.45) is -3.72. The Hall–Kier alpha value is -7.24. The highest BCUT2D eigenvalue weighted by Gasteiger charge is 2.61. The third-order valence-electron chi connectivity index (χ3n) is 12.8. The number of benzene rings is 6. The monoisotopic (exact) mass is 972 g/mol. The topological polar surface area (TPSA) is 180 Å². The van der Waals surface area contributed by atoms with E-state index in [2.05, 4.69) is 20.8 Å². The van der Waals surface area contributed by atoms with Crippen LogP contribution in [-0.4, -0.2) is 86.2 Å². The van der Waals surface area contributed by atoms with Crippen molar-refractivity contribution in [2.45, 2.75) is 56.8 Å². The zero-order valence-electron chi connectivity index (χ0n) is 40.7. The van der Waals surface area contributed by atoms with Gasteiger partial charge >= 0.3 is 11.6 Å². The predicted octanol–water partition coefficient (Wildman–Crippen LogP) is 7.67. The highest BCUT2D eigenvalue weighted by Crippen LogP contribution is 2.61. The Morgan fingerprint density at radius 1 is 0.686 bits per heavy atom. The molecule has 2 heterocycles. The number of rotatable bonds is 17. The second-order valence-electron chi connectivity index (χ2n) is 17.6. The summed E-state index contributed by atoms with van der Waals surface area (Å²) in [4.78, 5) is 26.8. The maximum Gasteiger partial charge on any atom is 0.374 e. The number of carbonyl (C=O) groups is 1. The van der Waals surface area contributed by atoms with Gasteiger partial charge in [-0.05, 0) is 38.5 Å². The maximum absolute atomic E-state index is 13.9. The smallest absolute Gasteiger partial charge is 0.374 e. The van der Waals surface area contributed by atoms with E-state index in [4.69, 9.17) is 51.5 Å². The van der Waals surface area contributed by atoms with Crippen LogP contribution in [0.1, 0.15) is 54.1 Å². The van der Waals surface area contributed by atoms with Gasteiger partial charge in [-0.25, -0.2) is 9.59 Å². The molecule has 0 aliphatic carbocycles. The van der Waals surface area contributed by atoms with Crippen molar-refractivity contribution in [1.29, 1.82) is 0 Å². The Bertz CT molecular complexity index is 3060. The lowest BCUT2D eigenvalue weighted by atomic mass is 9.91. The molecule has 0 radical (unpaired) electrons. The lowest BCUT2D eigenvalue weighted by Gasteiger charge is -2.47. The van der Waals surface area contributed by atoms with Crippen LogP contribution in [0.2, 0.25) is 5.04 Å². The zero-order chi connectivity index (χ0) is 50.1. The molecule has 2 N–H and O–H groups in total. The molecule has 0 amide bonds. The third-order valence-corrected chi connectivity index (χ3v) is 17.8. The maximum atomic E-state index is 13.9. The Kier molecular flexibility index (Phi) is 13.8. The molecule has 1 aliphatic rings. The van der Waals surface area contributed by atoms with Gasteiger partial charge < -0.3 is 61.7 Å². The van der Waals surface area contributed by atoms with Crippen molar-refractivity contribution in [1.82, 2.24) is 0 Å². The minimum absolute atomic E-state index is 0.0105. The van der Waals surface area contributed by atoms with Crippen LogP contribution in [0.5, 0.6) is 46.0 Å². The Labute approximate surface area is 406 Å². The molecule has 70 heavy (non-hydrogen) atoms. The second kappa shape index (κ2) is 19.6. The van der Waals surface area contributed by atoms with Crippen molar-refractivity contribution in [3.8, 4) is 46.0 Å². The number of ether oxygens (including phenoxy) is 9.